The predicted molar refractivity (Wildman–Crippen MR) is 283 cm³/mol. The summed E-state index contributed by atoms with van der Waals surface area (Å²) in [5, 5.41) is 162. The predicted octanol–water partition coefficient (Wildman–Crippen LogP) is -2.93. The van der Waals surface area contributed by atoms with E-state index in [0.29, 0.717) is 57.8 Å². The Labute approximate surface area is 488 Å². The molecule has 0 spiro atoms. The molecule has 0 radical (unpaired) electrons. The Morgan fingerprint density at radius 3 is 1.77 bits per heavy atom. The third-order valence-corrected chi connectivity index (χ3v) is 22.9. The molecule has 9 fully saturated rings. The van der Waals surface area contributed by atoms with Gasteiger partial charge < -0.3 is 124 Å². The second-order valence-electron chi connectivity index (χ2n) is 28.0. The maximum atomic E-state index is 15.4. The smallest absolute Gasteiger partial charge is 0.315 e. The number of rotatable bonds is 13. The Morgan fingerprint density at radius 1 is 0.548 bits per heavy atom. The van der Waals surface area contributed by atoms with Crippen molar-refractivity contribution in [2.75, 3.05) is 33.0 Å². The van der Waals surface area contributed by atoms with Gasteiger partial charge in [0.15, 0.2) is 31.3 Å². The molecule has 0 aromatic rings. The fourth-order valence-corrected chi connectivity index (χ4v) is 17.4. The Hall–Kier alpha value is -1.75. The van der Waals surface area contributed by atoms with Crippen molar-refractivity contribution in [3.05, 3.63) is 11.6 Å². The van der Waals surface area contributed by atoms with Crippen LogP contribution in [0.4, 0.5) is 0 Å². The van der Waals surface area contributed by atoms with Crippen molar-refractivity contribution in [3.63, 3.8) is 0 Å². The number of aliphatic hydroxyl groups is 15. The molecule has 15 N–H and O–H groups in total. The third kappa shape index (κ3) is 10.8. The van der Waals surface area contributed by atoms with Crippen LogP contribution >= 0.6 is 0 Å². The van der Waals surface area contributed by atoms with Crippen LogP contribution in [-0.4, -0.2) is 263 Å². The van der Waals surface area contributed by atoms with Crippen LogP contribution in [0.3, 0.4) is 0 Å². The number of aliphatic hydroxyl groups excluding tert-OH is 15. The lowest BCUT2D eigenvalue weighted by molar-refractivity contribution is -0.379. The van der Waals surface area contributed by atoms with E-state index in [1.807, 2.05) is 6.92 Å². The van der Waals surface area contributed by atoms with E-state index in [1.54, 1.807) is 0 Å². The molecule has 5 saturated heterocycles. The molecule has 10 rings (SSSR count). The van der Waals surface area contributed by atoms with Crippen LogP contribution in [0.2, 0.25) is 0 Å². The SMILES string of the molecule is C[C@@H]1O[C@@H](O[C@H]2[C@H](O[C@@H]3CC[C@]4(C)[C@H](CC[C@]5(C)[C@@H]4CC=C4[C@H]6CC(C)(C)CC[C@]6(C(=O)O[C@@H]6O[C@H](CO)[C@@H](O)[C@H](O)[C@H]6O[C@@H]6O[C@H](CO)[C@@H](O)[C@H](O)[C@H]6O)CC[C@]45C)[C@]3(C)CO)OC[C@H](O)[C@@H]2O)[C@H](O)[C@H](O[C@@H]2OC[C@@H](O)[C@H](O)[C@H]2O)[C@H]1O. The van der Waals surface area contributed by atoms with Gasteiger partial charge in [0.25, 0.3) is 0 Å². The Kier molecular flexibility index (Phi) is 18.7. The Morgan fingerprint density at radius 2 is 1.12 bits per heavy atom. The van der Waals surface area contributed by atoms with E-state index >= 15 is 4.79 Å². The van der Waals surface area contributed by atoms with E-state index < -0.39 is 189 Å². The lowest BCUT2D eigenvalue weighted by atomic mass is 9.33. The molecule has 0 unspecified atom stereocenters. The highest BCUT2D eigenvalue weighted by atomic mass is 16.8. The van der Waals surface area contributed by atoms with Gasteiger partial charge in [0.1, 0.15) is 97.7 Å². The van der Waals surface area contributed by atoms with Crippen LogP contribution in [0, 0.1) is 50.2 Å². The first-order chi connectivity index (χ1) is 39.4. The average Bonchev–Trinajstić information content (AvgIpc) is 1.08. The van der Waals surface area contributed by atoms with Crippen molar-refractivity contribution in [2.45, 2.75) is 260 Å². The number of hydrogen-bond acceptors (Lipinski definition) is 26. The first-order valence-electron chi connectivity index (χ1n) is 30.2. The minimum Gasteiger partial charge on any atom is -0.432 e. The number of carbonyl (C=O) groups is 1. The van der Waals surface area contributed by atoms with Gasteiger partial charge >= 0.3 is 5.97 Å². The van der Waals surface area contributed by atoms with Crippen molar-refractivity contribution in [2.24, 2.45) is 50.2 Å². The van der Waals surface area contributed by atoms with E-state index in [2.05, 4.69) is 40.7 Å². The van der Waals surface area contributed by atoms with E-state index in [0.717, 1.165) is 12.0 Å². The van der Waals surface area contributed by atoms with Gasteiger partial charge in [-0.1, -0.05) is 53.2 Å². The maximum absolute atomic E-state index is 15.4. The summed E-state index contributed by atoms with van der Waals surface area (Å²) in [5.74, 6) is -0.960. The molecule has 482 valence electrons. The number of ether oxygens (including phenoxy) is 10. The number of carbonyl (C=O) groups excluding carboxylic acids is 1. The highest BCUT2D eigenvalue weighted by Crippen LogP contribution is 2.76. The van der Waals surface area contributed by atoms with Gasteiger partial charge in [-0.15, -0.1) is 0 Å². The van der Waals surface area contributed by atoms with Gasteiger partial charge in [0, 0.05) is 5.41 Å². The molecule has 0 aromatic carbocycles. The summed E-state index contributed by atoms with van der Waals surface area (Å²) in [4.78, 5) is 15.4. The van der Waals surface area contributed by atoms with E-state index in [-0.39, 0.29) is 47.2 Å². The minimum atomic E-state index is -1.90. The zero-order valence-corrected chi connectivity index (χ0v) is 49.0. The molecule has 26 heteroatoms. The minimum absolute atomic E-state index is 0.0875. The molecule has 4 saturated carbocycles. The lowest BCUT2D eigenvalue weighted by Gasteiger charge is -2.71. The standard InChI is InChI=1S/C58H94O26/c1-24-34(64)44(81-47-41(71)35(65)27(62)21-75-47)43(73)49(77-24)82-45-36(66)28(63)22-76-50(45)80-33-11-12-54(4)31(55(33,5)23-61)10-13-57(7)32(54)9-8-25-26-18-53(2,3)14-16-58(26,17-15-56(25,57)6)52(74)84-51-46(40(70)38(68)30(20-60)79-51)83-48-42(72)39(69)37(67)29(19-59)78-48/h8,24,26-51,59-73H,9-23H2,1-7H3/t24-,26+,27+,28-,29+,30+,31-,32+,33+,34-,35-,36-,37+,38+,39-,40-,41+,42+,43+,44+,45+,46+,47-,48-,49-,50-,51-,54+,55-,56+,57+,58-/m0/s1. The zero-order valence-electron chi connectivity index (χ0n) is 49.0. The molecule has 84 heavy (non-hydrogen) atoms. The molecule has 10 aliphatic rings. The largest absolute Gasteiger partial charge is 0.432 e. The first kappa shape index (κ1) is 65.2. The van der Waals surface area contributed by atoms with Gasteiger partial charge in [-0.25, -0.2) is 0 Å². The van der Waals surface area contributed by atoms with Crippen LogP contribution < -0.4 is 0 Å². The lowest BCUT2D eigenvalue weighted by Crippen LogP contribution is -2.67. The second kappa shape index (κ2) is 24.1. The molecule has 5 aliphatic heterocycles. The average molecular weight is 1210 g/mol. The van der Waals surface area contributed by atoms with Crippen molar-refractivity contribution in [1.29, 1.82) is 0 Å². The molecule has 5 heterocycles. The second-order valence-corrected chi connectivity index (χ2v) is 28.0. The Balaban J connectivity index is 0.878. The first-order valence-corrected chi connectivity index (χ1v) is 30.2. The molecule has 32 atom stereocenters. The van der Waals surface area contributed by atoms with Crippen molar-refractivity contribution in [1.82, 2.24) is 0 Å². The molecule has 5 aliphatic carbocycles. The third-order valence-electron chi connectivity index (χ3n) is 22.9. The molecule has 26 nitrogen and oxygen atoms in total. The topological polar surface area (TPSA) is 413 Å². The number of hydrogen-bond donors (Lipinski definition) is 15. The van der Waals surface area contributed by atoms with Crippen LogP contribution in [0.15, 0.2) is 11.6 Å². The van der Waals surface area contributed by atoms with E-state index in [4.69, 9.17) is 47.4 Å². The zero-order chi connectivity index (χ0) is 61.1. The van der Waals surface area contributed by atoms with E-state index in [9.17, 15) is 76.6 Å². The molecule has 0 bridgehead atoms. The summed E-state index contributed by atoms with van der Waals surface area (Å²) in [6, 6.07) is 0. The number of esters is 1. The molecular formula is C58H94O26. The van der Waals surface area contributed by atoms with Crippen molar-refractivity contribution >= 4 is 5.97 Å². The summed E-state index contributed by atoms with van der Waals surface area (Å²) >= 11 is 0. The van der Waals surface area contributed by atoms with Gasteiger partial charge in [0.05, 0.1) is 50.7 Å². The van der Waals surface area contributed by atoms with Gasteiger partial charge in [-0.05, 0) is 111 Å². The van der Waals surface area contributed by atoms with Crippen molar-refractivity contribution in [3.8, 4) is 0 Å². The molecular weight excluding hydrogens is 1110 g/mol. The summed E-state index contributed by atoms with van der Waals surface area (Å²) in [6.45, 7) is 12.3. The quantitative estimate of drug-likeness (QED) is 0.0499. The number of allylic oxidation sites excluding steroid dienone is 2. The summed E-state index contributed by atoms with van der Waals surface area (Å²) < 4.78 is 60.0. The van der Waals surface area contributed by atoms with Crippen LogP contribution in [0.1, 0.15) is 113 Å². The normalized spacial score (nSPS) is 54.9. The number of fused-ring (bicyclic) bond motifs is 7. The highest BCUT2D eigenvalue weighted by Gasteiger charge is 2.71. The van der Waals surface area contributed by atoms with Crippen molar-refractivity contribution < 1.29 is 129 Å². The van der Waals surface area contributed by atoms with Gasteiger partial charge in [0.2, 0.25) is 6.29 Å². The van der Waals surface area contributed by atoms with Gasteiger partial charge in [-0.2, -0.15) is 0 Å². The fraction of sp³-hybridized carbons (Fsp3) is 0.948. The summed E-state index contributed by atoms with van der Waals surface area (Å²) in [5.41, 5.74) is -2.13. The van der Waals surface area contributed by atoms with Crippen LogP contribution in [0.25, 0.3) is 0 Å². The summed E-state index contributed by atoms with van der Waals surface area (Å²) in [6.07, 6.45) is -29.3. The van der Waals surface area contributed by atoms with E-state index in [1.165, 1.54) is 6.92 Å². The Bertz CT molecular complexity index is 2330. The molecule has 0 aromatic heterocycles. The molecule has 0 amide bonds. The van der Waals surface area contributed by atoms with Crippen LogP contribution in [-0.2, 0) is 52.2 Å². The maximum Gasteiger partial charge on any atom is 0.315 e. The summed E-state index contributed by atoms with van der Waals surface area (Å²) in [7, 11) is 0. The van der Waals surface area contributed by atoms with Gasteiger partial charge in [-0.3, -0.25) is 4.79 Å². The highest BCUT2D eigenvalue weighted by molar-refractivity contribution is 5.79. The fourth-order valence-electron chi connectivity index (χ4n) is 17.4. The van der Waals surface area contributed by atoms with Crippen LogP contribution in [0.5, 0.6) is 0 Å². The monoisotopic (exact) mass is 1210 g/mol.